The van der Waals surface area contributed by atoms with Crippen LogP contribution in [0.5, 0.6) is 0 Å². The van der Waals surface area contributed by atoms with Crippen molar-refractivity contribution in [1.82, 2.24) is 4.57 Å². The highest BCUT2D eigenvalue weighted by Gasteiger charge is 2.17. The van der Waals surface area contributed by atoms with Gasteiger partial charge in [-0.15, -0.1) is 11.3 Å². The van der Waals surface area contributed by atoms with E-state index >= 15 is 0 Å². The molecule has 0 radical (unpaired) electrons. The van der Waals surface area contributed by atoms with Crippen molar-refractivity contribution < 1.29 is 9.53 Å². The number of hydrogen-bond donors (Lipinski definition) is 0. The van der Waals surface area contributed by atoms with Gasteiger partial charge in [0.1, 0.15) is 0 Å². The molecular formula is C26H21NO4S. The average Bonchev–Trinajstić information content (AvgIpc) is 2.82. The highest BCUT2D eigenvalue weighted by Crippen LogP contribution is 2.39. The summed E-state index contributed by atoms with van der Waals surface area (Å²) in [5.41, 5.74) is -0.485. The summed E-state index contributed by atoms with van der Waals surface area (Å²) in [5.74, 6) is -0.441. The number of ether oxygens (including phenoxy) is 1. The third-order valence-electron chi connectivity index (χ3n) is 5.91. The molecule has 2 heterocycles. The molecule has 0 unspecified atom stereocenters. The second-order valence-corrected chi connectivity index (χ2v) is 8.90. The van der Waals surface area contributed by atoms with Crippen molar-refractivity contribution in [3.63, 3.8) is 0 Å². The van der Waals surface area contributed by atoms with Gasteiger partial charge >= 0.3 is 5.97 Å². The van der Waals surface area contributed by atoms with E-state index in [9.17, 15) is 14.4 Å². The minimum Gasteiger partial charge on any atom is -0.463 e. The summed E-state index contributed by atoms with van der Waals surface area (Å²) in [6.45, 7) is 4.01. The van der Waals surface area contributed by atoms with Gasteiger partial charge in [0.15, 0.2) is 0 Å². The second kappa shape index (κ2) is 8.20. The third-order valence-corrected chi connectivity index (χ3v) is 7.04. The zero-order valence-corrected chi connectivity index (χ0v) is 18.2. The van der Waals surface area contributed by atoms with Crippen molar-refractivity contribution in [2.45, 2.75) is 25.8 Å². The standard InChI is InChI=1S/C26H21NO4S/c1-2-22(28)31-15-7-3-6-14-27-25(29)18-11-10-17-16-8-4-5-9-20(16)32-21-13-12-19(26(27)30)23(18)24(17)21/h2,4-5,8-13H,1,3,6-7,14-15H2. The fraction of sp³-hybridized carbons (Fsp3) is 0.192. The summed E-state index contributed by atoms with van der Waals surface area (Å²) in [6, 6.07) is 15.9. The largest absolute Gasteiger partial charge is 0.463 e. The minimum absolute atomic E-state index is 0.242. The van der Waals surface area contributed by atoms with Crippen LogP contribution in [0.25, 0.3) is 41.7 Å². The van der Waals surface area contributed by atoms with Gasteiger partial charge < -0.3 is 4.74 Å². The number of hydrogen-bond acceptors (Lipinski definition) is 5. The van der Waals surface area contributed by atoms with Gasteiger partial charge in [-0.1, -0.05) is 30.8 Å². The first-order chi connectivity index (χ1) is 15.6. The Morgan fingerprint density at radius 3 is 2.34 bits per heavy atom. The zero-order chi connectivity index (χ0) is 22.2. The average molecular weight is 444 g/mol. The fourth-order valence-electron chi connectivity index (χ4n) is 4.39. The molecule has 5 aromatic rings. The quantitative estimate of drug-likeness (QED) is 0.114. The van der Waals surface area contributed by atoms with E-state index in [-0.39, 0.29) is 11.1 Å². The Hall–Kier alpha value is -3.51. The number of nitrogens with zero attached hydrogens (tertiary/aromatic N) is 1. The lowest BCUT2D eigenvalue weighted by atomic mass is 9.97. The number of pyridine rings is 1. The number of carbonyl (C=O) groups is 1. The van der Waals surface area contributed by atoms with Crippen LogP contribution >= 0.6 is 11.3 Å². The van der Waals surface area contributed by atoms with Crippen LogP contribution in [-0.4, -0.2) is 17.1 Å². The Labute approximate surface area is 187 Å². The summed E-state index contributed by atoms with van der Waals surface area (Å²) in [6.07, 6.45) is 3.21. The van der Waals surface area contributed by atoms with Gasteiger partial charge in [-0.05, 0) is 54.3 Å². The highest BCUT2D eigenvalue weighted by atomic mass is 32.1. The maximum Gasteiger partial charge on any atom is 0.330 e. The van der Waals surface area contributed by atoms with Crippen LogP contribution < -0.4 is 11.1 Å². The van der Waals surface area contributed by atoms with E-state index in [0.717, 1.165) is 38.7 Å². The number of carbonyl (C=O) groups excluding carboxylic acids is 1. The summed E-state index contributed by atoms with van der Waals surface area (Å²) < 4.78 is 8.56. The molecule has 6 heteroatoms. The van der Waals surface area contributed by atoms with Crippen molar-refractivity contribution in [2.75, 3.05) is 6.61 Å². The first-order valence-corrected chi connectivity index (χ1v) is 11.4. The Balaban J connectivity index is 1.55. The van der Waals surface area contributed by atoms with E-state index in [4.69, 9.17) is 4.74 Å². The van der Waals surface area contributed by atoms with Gasteiger partial charge in [-0.2, -0.15) is 0 Å². The van der Waals surface area contributed by atoms with Crippen molar-refractivity contribution in [3.8, 4) is 0 Å². The molecule has 0 N–H and O–H groups in total. The monoisotopic (exact) mass is 443 g/mol. The maximum atomic E-state index is 13.3. The van der Waals surface area contributed by atoms with E-state index in [1.807, 2.05) is 36.4 Å². The van der Waals surface area contributed by atoms with Crippen molar-refractivity contribution in [3.05, 3.63) is 81.9 Å². The van der Waals surface area contributed by atoms with E-state index in [0.29, 0.717) is 36.8 Å². The third kappa shape index (κ3) is 3.28. The van der Waals surface area contributed by atoms with Gasteiger partial charge in [0.2, 0.25) is 0 Å². The van der Waals surface area contributed by atoms with Gasteiger partial charge in [-0.3, -0.25) is 14.2 Å². The van der Waals surface area contributed by atoms with E-state index in [1.54, 1.807) is 11.3 Å². The topological polar surface area (TPSA) is 65.4 Å². The lowest BCUT2D eigenvalue weighted by molar-refractivity contribution is -0.137. The van der Waals surface area contributed by atoms with Crippen molar-refractivity contribution in [1.29, 1.82) is 0 Å². The van der Waals surface area contributed by atoms with Crippen LogP contribution in [0.3, 0.4) is 0 Å². The Kier molecular flexibility index (Phi) is 5.23. The maximum absolute atomic E-state index is 13.3. The minimum atomic E-state index is -0.441. The van der Waals surface area contributed by atoms with E-state index < -0.39 is 5.97 Å². The molecule has 5 rings (SSSR count). The predicted octanol–water partition coefficient (Wildman–Crippen LogP) is 5.22. The number of aromatic nitrogens is 1. The molecule has 0 bridgehead atoms. The van der Waals surface area contributed by atoms with Gasteiger partial charge in [0, 0.05) is 43.6 Å². The smallest absolute Gasteiger partial charge is 0.330 e. The number of rotatable bonds is 7. The fourth-order valence-corrected chi connectivity index (χ4v) is 5.51. The van der Waals surface area contributed by atoms with Crippen LogP contribution in [0, 0.1) is 0 Å². The lowest BCUT2D eigenvalue weighted by Crippen LogP contribution is -2.33. The molecule has 160 valence electrons. The van der Waals surface area contributed by atoms with Crippen LogP contribution in [0.1, 0.15) is 19.3 Å². The first-order valence-electron chi connectivity index (χ1n) is 10.6. The molecule has 0 aliphatic carbocycles. The van der Waals surface area contributed by atoms with Crippen LogP contribution in [0.4, 0.5) is 0 Å². The summed E-state index contributed by atoms with van der Waals surface area (Å²) in [7, 11) is 0. The Bertz CT molecular complexity index is 1580. The molecule has 5 nitrogen and oxygen atoms in total. The molecule has 0 aliphatic heterocycles. The normalized spacial score (nSPS) is 11.6. The SMILES string of the molecule is C=CC(=O)OCCCCCn1c(=O)c2ccc3sc4ccccc4c4ccc(c1=O)c2c34. The molecular weight excluding hydrogens is 422 g/mol. The van der Waals surface area contributed by atoms with Crippen LogP contribution in [0.15, 0.2) is 70.8 Å². The molecule has 0 fully saturated rings. The predicted molar refractivity (Wildman–Crippen MR) is 131 cm³/mol. The molecule has 3 aromatic carbocycles. The molecule has 0 saturated carbocycles. The summed E-state index contributed by atoms with van der Waals surface area (Å²) in [5, 5.41) is 5.13. The number of benzene rings is 3. The van der Waals surface area contributed by atoms with E-state index in [1.165, 1.54) is 9.27 Å². The first kappa shape index (κ1) is 20.4. The summed E-state index contributed by atoms with van der Waals surface area (Å²) >= 11 is 1.68. The Morgan fingerprint density at radius 2 is 1.56 bits per heavy atom. The molecule has 0 atom stereocenters. The molecule has 0 saturated heterocycles. The van der Waals surface area contributed by atoms with Crippen LogP contribution in [0.2, 0.25) is 0 Å². The zero-order valence-electron chi connectivity index (χ0n) is 17.4. The van der Waals surface area contributed by atoms with Crippen molar-refractivity contribution in [2.24, 2.45) is 0 Å². The van der Waals surface area contributed by atoms with Crippen LogP contribution in [-0.2, 0) is 16.1 Å². The van der Waals surface area contributed by atoms with E-state index in [2.05, 4.69) is 18.7 Å². The van der Waals surface area contributed by atoms with Gasteiger partial charge in [0.25, 0.3) is 11.1 Å². The molecule has 32 heavy (non-hydrogen) atoms. The molecule has 0 spiro atoms. The van der Waals surface area contributed by atoms with Gasteiger partial charge in [-0.25, -0.2) is 4.79 Å². The second-order valence-electron chi connectivity index (χ2n) is 7.81. The molecule has 2 aromatic heterocycles. The number of unbranched alkanes of at least 4 members (excludes halogenated alkanes) is 2. The lowest BCUT2D eigenvalue weighted by Gasteiger charge is -2.14. The molecule has 0 aliphatic rings. The highest BCUT2D eigenvalue weighted by molar-refractivity contribution is 7.25. The van der Waals surface area contributed by atoms with Gasteiger partial charge in [0.05, 0.1) is 6.61 Å². The number of esters is 1. The van der Waals surface area contributed by atoms with Crippen molar-refractivity contribution >= 4 is 59.0 Å². The summed E-state index contributed by atoms with van der Waals surface area (Å²) in [4.78, 5) is 37.6. The Morgan fingerprint density at radius 1 is 0.844 bits per heavy atom. The number of fused-ring (bicyclic) bond motifs is 2. The molecule has 0 amide bonds.